The van der Waals surface area contributed by atoms with Crippen LogP contribution in [0.5, 0.6) is 5.75 Å². The molecule has 0 unspecified atom stereocenters. The first-order chi connectivity index (χ1) is 15.8. The fraction of sp³-hybridized carbons (Fsp3) is 0.240. The zero-order valence-electron chi connectivity index (χ0n) is 18.2. The number of hydrogen-bond acceptors (Lipinski definition) is 4. The molecule has 0 aliphatic heterocycles. The molecule has 33 heavy (non-hydrogen) atoms. The van der Waals surface area contributed by atoms with Gasteiger partial charge in [0.05, 0.1) is 0 Å². The largest absolute Gasteiger partial charge is 0.379 e. The summed E-state index contributed by atoms with van der Waals surface area (Å²) < 4.78 is 56.1. The highest BCUT2D eigenvalue weighted by molar-refractivity contribution is 7.87. The maximum absolute atomic E-state index is 13.2. The summed E-state index contributed by atoms with van der Waals surface area (Å²) in [6.07, 6.45) is 2.08. The number of amides is 1. The quantitative estimate of drug-likeness (QED) is 0.367. The Bertz CT molecular complexity index is 1160. The van der Waals surface area contributed by atoms with Crippen LogP contribution < -0.4 is 4.18 Å². The standard InChI is InChI=1S/C25H25F2NO4S/c1-2-3-4-25(29)28(17-19-5-9-21(26)10-6-19)18-20-7-13-23(14-8-20)32-33(30,31)24-15-11-22(27)12-16-24/h5-16H,2-4,17-18H2,1H3. The Morgan fingerprint density at radius 1 is 0.818 bits per heavy atom. The van der Waals surface area contributed by atoms with Crippen molar-refractivity contribution in [3.63, 3.8) is 0 Å². The highest BCUT2D eigenvalue weighted by Gasteiger charge is 2.18. The molecule has 0 fully saturated rings. The molecule has 0 spiro atoms. The third-order valence-corrected chi connectivity index (χ3v) is 6.25. The van der Waals surface area contributed by atoms with E-state index in [9.17, 15) is 22.0 Å². The number of halogens is 2. The fourth-order valence-electron chi connectivity index (χ4n) is 3.18. The summed E-state index contributed by atoms with van der Waals surface area (Å²) in [6.45, 7) is 2.65. The van der Waals surface area contributed by atoms with Gasteiger partial charge in [0.25, 0.3) is 0 Å². The van der Waals surface area contributed by atoms with Crippen LogP contribution in [0.25, 0.3) is 0 Å². The van der Waals surface area contributed by atoms with Crippen LogP contribution in [0.3, 0.4) is 0 Å². The number of rotatable bonds is 10. The first-order valence-corrected chi connectivity index (χ1v) is 12.0. The van der Waals surface area contributed by atoms with Gasteiger partial charge in [-0.1, -0.05) is 37.6 Å². The smallest absolute Gasteiger partial charge is 0.339 e. The highest BCUT2D eigenvalue weighted by Crippen LogP contribution is 2.21. The van der Waals surface area contributed by atoms with Crippen molar-refractivity contribution in [2.24, 2.45) is 0 Å². The van der Waals surface area contributed by atoms with Gasteiger partial charge in [-0.15, -0.1) is 0 Å². The summed E-state index contributed by atoms with van der Waals surface area (Å²) in [4.78, 5) is 14.3. The molecular formula is C25H25F2NO4S. The average molecular weight is 474 g/mol. The molecule has 3 aromatic rings. The normalized spacial score (nSPS) is 11.2. The molecule has 0 bridgehead atoms. The van der Waals surface area contributed by atoms with E-state index in [1.54, 1.807) is 29.2 Å². The van der Waals surface area contributed by atoms with Gasteiger partial charge in [-0.2, -0.15) is 8.42 Å². The van der Waals surface area contributed by atoms with Crippen molar-refractivity contribution in [3.8, 4) is 5.75 Å². The van der Waals surface area contributed by atoms with Crippen LogP contribution in [0.1, 0.15) is 37.3 Å². The molecule has 0 aromatic heterocycles. The molecule has 0 saturated heterocycles. The molecule has 0 aliphatic rings. The van der Waals surface area contributed by atoms with Gasteiger partial charge in [-0.3, -0.25) is 4.79 Å². The van der Waals surface area contributed by atoms with Crippen molar-refractivity contribution in [3.05, 3.63) is 95.6 Å². The average Bonchev–Trinajstić information content (AvgIpc) is 2.79. The van der Waals surface area contributed by atoms with E-state index in [0.29, 0.717) is 19.5 Å². The third-order valence-electron chi connectivity index (χ3n) is 4.99. The van der Waals surface area contributed by atoms with Gasteiger partial charge in [0.15, 0.2) is 0 Å². The zero-order chi connectivity index (χ0) is 23.8. The maximum atomic E-state index is 13.2. The lowest BCUT2D eigenvalue weighted by Gasteiger charge is -2.23. The minimum atomic E-state index is -4.10. The van der Waals surface area contributed by atoms with Crippen LogP contribution in [0.4, 0.5) is 8.78 Å². The minimum Gasteiger partial charge on any atom is -0.379 e. The van der Waals surface area contributed by atoms with Crippen LogP contribution in [0.2, 0.25) is 0 Å². The van der Waals surface area contributed by atoms with Gasteiger partial charge in [0, 0.05) is 19.5 Å². The minimum absolute atomic E-state index is 0.0135. The predicted octanol–water partition coefficient (Wildman–Crippen LogP) is 5.45. The van der Waals surface area contributed by atoms with Gasteiger partial charge >= 0.3 is 10.1 Å². The Hall–Kier alpha value is -3.26. The first-order valence-electron chi connectivity index (χ1n) is 10.6. The molecule has 0 N–H and O–H groups in total. The molecule has 0 atom stereocenters. The molecule has 8 heteroatoms. The van der Waals surface area contributed by atoms with E-state index in [2.05, 4.69) is 0 Å². The lowest BCUT2D eigenvalue weighted by molar-refractivity contribution is -0.132. The van der Waals surface area contributed by atoms with Crippen molar-refractivity contribution in [1.82, 2.24) is 4.90 Å². The molecule has 3 rings (SSSR count). The van der Waals surface area contributed by atoms with Crippen LogP contribution in [0, 0.1) is 11.6 Å². The molecular weight excluding hydrogens is 448 g/mol. The summed E-state index contributed by atoms with van der Waals surface area (Å²) in [5, 5.41) is 0. The van der Waals surface area contributed by atoms with Gasteiger partial charge < -0.3 is 9.08 Å². The monoisotopic (exact) mass is 473 g/mol. The molecule has 174 valence electrons. The predicted molar refractivity (Wildman–Crippen MR) is 121 cm³/mol. The van der Waals surface area contributed by atoms with Crippen molar-refractivity contribution in [1.29, 1.82) is 0 Å². The molecule has 3 aromatic carbocycles. The van der Waals surface area contributed by atoms with E-state index in [4.69, 9.17) is 4.18 Å². The Morgan fingerprint density at radius 2 is 1.30 bits per heavy atom. The number of benzene rings is 3. The Kier molecular flexibility index (Phi) is 8.16. The third kappa shape index (κ3) is 7.12. The van der Waals surface area contributed by atoms with Crippen LogP contribution in [0.15, 0.2) is 77.7 Å². The van der Waals surface area contributed by atoms with E-state index in [1.165, 1.54) is 24.3 Å². The number of carbonyl (C=O) groups excluding carboxylic acids is 1. The van der Waals surface area contributed by atoms with Gasteiger partial charge in [0.1, 0.15) is 22.3 Å². The molecule has 1 amide bonds. The van der Waals surface area contributed by atoms with Crippen LogP contribution in [-0.2, 0) is 28.0 Å². The zero-order valence-corrected chi connectivity index (χ0v) is 19.0. The molecule has 0 radical (unpaired) electrons. The van der Waals surface area contributed by atoms with Crippen molar-refractivity contribution >= 4 is 16.0 Å². The summed E-state index contributed by atoms with van der Waals surface area (Å²) in [6, 6.07) is 16.7. The summed E-state index contributed by atoms with van der Waals surface area (Å²) in [5.74, 6) is -0.795. The second-order valence-electron chi connectivity index (χ2n) is 7.62. The molecule has 0 aliphatic carbocycles. The van der Waals surface area contributed by atoms with Gasteiger partial charge in [0.2, 0.25) is 5.91 Å². The van der Waals surface area contributed by atoms with E-state index >= 15 is 0 Å². The van der Waals surface area contributed by atoms with E-state index in [1.807, 2.05) is 6.92 Å². The van der Waals surface area contributed by atoms with Crippen molar-refractivity contribution in [2.45, 2.75) is 44.2 Å². The number of unbranched alkanes of at least 4 members (excludes halogenated alkanes) is 1. The number of carbonyl (C=O) groups is 1. The Morgan fingerprint density at radius 3 is 1.82 bits per heavy atom. The second-order valence-corrected chi connectivity index (χ2v) is 9.16. The van der Waals surface area contributed by atoms with E-state index < -0.39 is 15.9 Å². The maximum Gasteiger partial charge on any atom is 0.339 e. The lowest BCUT2D eigenvalue weighted by Crippen LogP contribution is -2.29. The molecule has 0 heterocycles. The number of nitrogens with zero attached hydrogens (tertiary/aromatic N) is 1. The van der Waals surface area contributed by atoms with Crippen molar-refractivity contribution in [2.75, 3.05) is 0 Å². The first kappa shape index (κ1) is 24.4. The summed E-state index contributed by atoms with van der Waals surface area (Å²) in [7, 11) is -4.10. The number of hydrogen-bond donors (Lipinski definition) is 0. The molecule has 5 nitrogen and oxygen atoms in total. The van der Waals surface area contributed by atoms with E-state index in [-0.39, 0.29) is 22.4 Å². The summed E-state index contributed by atoms with van der Waals surface area (Å²) in [5.41, 5.74) is 1.60. The topological polar surface area (TPSA) is 63.7 Å². The Labute approximate surface area is 192 Å². The highest BCUT2D eigenvalue weighted by atomic mass is 32.2. The van der Waals surface area contributed by atoms with Crippen LogP contribution >= 0.6 is 0 Å². The SMILES string of the molecule is CCCCC(=O)N(Cc1ccc(F)cc1)Cc1ccc(OS(=O)(=O)c2ccc(F)cc2)cc1. The van der Waals surface area contributed by atoms with Gasteiger partial charge in [-0.25, -0.2) is 8.78 Å². The van der Waals surface area contributed by atoms with Crippen LogP contribution in [-0.4, -0.2) is 19.2 Å². The fourth-order valence-corrected chi connectivity index (χ4v) is 4.11. The summed E-state index contributed by atoms with van der Waals surface area (Å²) >= 11 is 0. The lowest BCUT2D eigenvalue weighted by atomic mass is 10.1. The van der Waals surface area contributed by atoms with Gasteiger partial charge in [-0.05, 0) is 66.1 Å². The Balaban J connectivity index is 1.71. The second kappa shape index (κ2) is 11.0. The van der Waals surface area contributed by atoms with E-state index in [0.717, 1.165) is 48.2 Å². The molecule has 0 saturated carbocycles. The van der Waals surface area contributed by atoms with Crippen molar-refractivity contribution < 1.29 is 26.2 Å².